The van der Waals surface area contributed by atoms with Crippen LogP contribution in [-0.4, -0.2) is 35.5 Å². The molecule has 1 N–H and O–H groups in total. The average Bonchev–Trinajstić information content (AvgIpc) is 2.94. The van der Waals surface area contributed by atoms with Gasteiger partial charge in [-0.2, -0.15) is 4.37 Å². The summed E-state index contributed by atoms with van der Waals surface area (Å²) in [5.74, 6) is 0.917. The third-order valence-corrected chi connectivity index (χ3v) is 4.22. The Hall–Kier alpha value is -1.46. The lowest BCUT2D eigenvalue weighted by Gasteiger charge is -2.18. The number of aromatic nitrogens is 2. The van der Waals surface area contributed by atoms with Crippen LogP contribution in [0.1, 0.15) is 30.8 Å². The summed E-state index contributed by atoms with van der Waals surface area (Å²) in [5.41, 5.74) is 2.55. The molecule has 21 heavy (non-hydrogen) atoms. The van der Waals surface area contributed by atoms with E-state index >= 15 is 0 Å². The Kier molecular flexibility index (Phi) is 6.14. The van der Waals surface area contributed by atoms with E-state index in [0.29, 0.717) is 0 Å². The lowest BCUT2D eigenvalue weighted by Crippen LogP contribution is -2.31. The van der Waals surface area contributed by atoms with Gasteiger partial charge in [0, 0.05) is 37.6 Å². The molecular weight excluding hydrogens is 280 g/mol. The largest absolute Gasteiger partial charge is 0.346 e. The van der Waals surface area contributed by atoms with E-state index in [2.05, 4.69) is 64.6 Å². The molecule has 0 aliphatic heterocycles. The maximum atomic E-state index is 4.68. The Labute approximate surface area is 131 Å². The molecule has 5 heteroatoms. The van der Waals surface area contributed by atoms with Gasteiger partial charge in [-0.05, 0) is 26.0 Å². The first-order valence-electron chi connectivity index (χ1n) is 7.56. The fourth-order valence-electron chi connectivity index (χ4n) is 2.11. The van der Waals surface area contributed by atoms with Crippen molar-refractivity contribution in [2.45, 2.75) is 27.2 Å². The summed E-state index contributed by atoms with van der Waals surface area (Å²) in [6.07, 6.45) is 0.807. The normalized spacial score (nSPS) is 10.8. The van der Waals surface area contributed by atoms with Crippen molar-refractivity contribution in [1.82, 2.24) is 14.7 Å². The average molecular weight is 304 g/mol. The lowest BCUT2D eigenvalue weighted by molar-refractivity contribution is 0.686. The van der Waals surface area contributed by atoms with Gasteiger partial charge in [-0.3, -0.25) is 0 Å². The molecule has 1 aromatic heterocycles. The number of aryl methyl sites for hydroxylation is 1. The van der Waals surface area contributed by atoms with Crippen molar-refractivity contribution in [3.05, 3.63) is 41.2 Å². The number of nitrogens with one attached hydrogen (secondary N) is 1. The molecule has 114 valence electrons. The summed E-state index contributed by atoms with van der Waals surface area (Å²) < 4.78 is 4.50. The van der Waals surface area contributed by atoms with Crippen molar-refractivity contribution >= 4 is 16.7 Å². The van der Waals surface area contributed by atoms with Crippen LogP contribution < -0.4 is 10.2 Å². The summed E-state index contributed by atoms with van der Waals surface area (Å²) in [4.78, 5) is 6.96. The van der Waals surface area contributed by atoms with Crippen molar-refractivity contribution in [2.24, 2.45) is 0 Å². The van der Waals surface area contributed by atoms with Crippen LogP contribution >= 0.6 is 11.5 Å². The molecular formula is C16H24N4S. The molecule has 0 unspecified atom stereocenters. The monoisotopic (exact) mass is 304 g/mol. The molecule has 0 aliphatic rings. The van der Waals surface area contributed by atoms with Gasteiger partial charge in [0.1, 0.15) is 5.82 Å². The van der Waals surface area contributed by atoms with Crippen LogP contribution in [0.25, 0.3) is 0 Å². The molecule has 0 saturated heterocycles. The number of benzene rings is 1. The highest BCUT2D eigenvalue weighted by atomic mass is 32.1. The fraction of sp³-hybridized carbons (Fsp3) is 0.500. The Balaban J connectivity index is 1.97. The van der Waals surface area contributed by atoms with Crippen LogP contribution in [0.15, 0.2) is 24.3 Å². The van der Waals surface area contributed by atoms with Crippen LogP contribution in [0.4, 0.5) is 5.13 Å². The standard InChI is InChI=1S/C16H24N4S/c1-4-17-10-11-20(5-2)16-18-15(19-21-16)12-14-8-6-13(3)7-9-14/h6-9,17H,4-5,10-12H2,1-3H3. The molecule has 1 aromatic carbocycles. The zero-order chi connectivity index (χ0) is 15.1. The summed E-state index contributed by atoms with van der Waals surface area (Å²) in [5, 5.41) is 4.37. The predicted molar refractivity (Wildman–Crippen MR) is 90.3 cm³/mol. The quantitative estimate of drug-likeness (QED) is 0.761. The number of likely N-dealkylation sites (N-methyl/N-ethyl adjacent to an activating group) is 2. The molecule has 0 spiro atoms. The van der Waals surface area contributed by atoms with Gasteiger partial charge in [0.15, 0.2) is 0 Å². The van der Waals surface area contributed by atoms with E-state index < -0.39 is 0 Å². The van der Waals surface area contributed by atoms with E-state index in [1.165, 1.54) is 22.7 Å². The minimum atomic E-state index is 0.807. The van der Waals surface area contributed by atoms with Crippen molar-refractivity contribution in [3.63, 3.8) is 0 Å². The molecule has 0 aliphatic carbocycles. The first-order valence-corrected chi connectivity index (χ1v) is 8.34. The second kappa shape index (κ2) is 8.10. The molecule has 2 aromatic rings. The smallest absolute Gasteiger partial charge is 0.205 e. The van der Waals surface area contributed by atoms with Crippen LogP contribution in [-0.2, 0) is 6.42 Å². The summed E-state index contributed by atoms with van der Waals surface area (Å²) in [6.45, 7) is 10.3. The van der Waals surface area contributed by atoms with Crippen LogP contribution in [0, 0.1) is 6.92 Å². The topological polar surface area (TPSA) is 41.0 Å². The lowest BCUT2D eigenvalue weighted by atomic mass is 10.1. The van der Waals surface area contributed by atoms with Gasteiger partial charge < -0.3 is 10.2 Å². The van der Waals surface area contributed by atoms with Crippen LogP contribution in [0.5, 0.6) is 0 Å². The zero-order valence-electron chi connectivity index (χ0n) is 13.1. The SMILES string of the molecule is CCNCCN(CC)c1nc(Cc2ccc(C)cc2)ns1. The van der Waals surface area contributed by atoms with Gasteiger partial charge in [0.25, 0.3) is 0 Å². The molecule has 0 bridgehead atoms. The summed E-state index contributed by atoms with van der Waals surface area (Å²) in [7, 11) is 0. The van der Waals surface area contributed by atoms with Crippen molar-refractivity contribution in [2.75, 3.05) is 31.1 Å². The van der Waals surface area contributed by atoms with Gasteiger partial charge in [-0.1, -0.05) is 36.8 Å². The van der Waals surface area contributed by atoms with Gasteiger partial charge in [0.2, 0.25) is 5.13 Å². The van der Waals surface area contributed by atoms with E-state index in [9.17, 15) is 0 Å². The highest BCUT2D eigenvalue weighted by Crippen LogP contribution is 2.18. The second-order valence-corrected chi connectivity index (χ2v) is 5.82. The molecule has 1 heterocycles. The molecule has 0 atom stereocenters. The molecule has 2 rings (SSSR count). The second-order valence-electron chi connectivity index (χ2n) is 5.09. The van der Waals surface area contributed by atoms with E-state index in [4.69, 9.17) is 0 Å². The first kappa shape index (κ1) is 15.9. The first-order chi connectivity index (χ1) is 10.2. The highest BCUT2D eigenvalue weighted by Gasteiger charge is 2.11. The minimum absolute atomic E-state index is 0.807. The predicted octanol–water partition coefficient (Wildman–Crippen LogP) is 2.87. The molecule has 0 fully saturated rings. The van der Waals surface area contributed by atoms with Gasteiger partial charge >= 0.3 is 0 Å². The van der Waals surface area contributed by atoms with Gasteiger partial charge in [-0.25, -0.2) is 4.98 Å². The van der Waals surface area contributed by atoms with E-state index in [1.54, 1.807) is 0 Å². The number of nitrogens with zero attached hydrogens (tertiary/aromatic N) is 3. The number of hydrogen-bond acceptors (Lipinski definition) is 5. The van der Waals surface area contributed by atoms with Crippen molar-refractivity contribution in [1.29, 1.82) is 0 Å². The van der Waals surface area contributed by atoms with E-state index in [0.717, 1.165) is 43.6 Å². The fourth-order valence-corrected chi connectivity index (χ4v) is 2.89. The molecule has 0 amide bonds. The molecule has 0 saturated carbocycles. The Bertz CT molecular complexity index is 535. The van der Waals surface area contributed by atoms with E-state index in [-0.39, 0.29) is 0 Å². The zero-order valence-corrected chi connectivity index (χ0v) is 13.9. The van der Waals surface area contributed by atoms with Crippen molar-refractivity contribution < 1.29 is 0 Å². The van der Waals surface area contributed by atoms with E-state index in [1.807, 2.05) is 0 Å². The highest BCUT2D eigenvalue weighted by molar-refractivity contribution is 7.09. The third-order valence-electron chi connectivity index (χ3n) is 3.40. The molecule has 4 nitrogen and oxygen atoms in total. The van der Waals surface area contributed by atoms with Crippen molar-refractivity contribution in [3.8, 4) is 0 Å². The maximum Gasteiger partial charge on any atom is 0.205 e. The third kappa shape index (κ3) is 4.79. The number of anilines is 1. The number of hydrogen-bond donors (Lipinski definition) is 1. The van der Waals surface area contributed by atoms with Crippen LogP contribution in [0.3, 0.4) is 0 Å². The summed E-state index contributed by atoms with van der Waals surface area (Å²) >= 11 is 1.50. The van der Waals surface area contributed by atoms with Gasteiger partial charge in [-0.15, -0.1) is 0 Å². The molecule has 0 radical (unpaired) electrons. The van der Waals surface area contributed by atoms with Crippen LogP contribution in [0.2, 0.25) is 0 Å². The number of rotatable bonds is 8. The maximum absolute atomic E-state index is 4.68. The Morgan fingerprint density at radius 1 is 1.19 bits per heavy atom. The Morgan fingerprint density at radius 3 is 2.62 bits per heavy atom. The van der Waals surface area contributed by atoms with Gasteiger partial charge in [0.05, 0.1) is 0 Å². The Morgan fingerprint density at radius 2 is 1.95 bits per heavy atom. The summed E-state index contributed by atoms with van der Waals surface area (Å²) in [6, 6.07) is 8.58. The minimum Gasteiger partial charge on any atom is -0.346 e.